The maximum absolute atomic E-state index is 13.3. The third-order valence-corrected chi connectivity index (χ3v) is 8.70. The highest BCUT2D eigenvalue weighted by Crippen LogP contribution is 2.22. The molecule has 0 spiro atoms. The van der Waals surface area contributed by atoms with Crippen molar-refractivity contribution in [1.29, 1.82) is 0 Å². The molecule has 40 heavy (non-hydrogen) atoms. The number of anilines is 1. The van der Waals surface area contributed by atoms with Crippen LogP contribution in [0.15, 0.2) is 54.6 Å². The molecule has 3 aromatic rings. The van der Waals surface area contributed by atoms with E-state index in [1.54, 1.807) is 12.1 Å². The number of amides is 1. The standard InChI is InChI=1S/C28H36ClN5O5S/c1-2-3-9-26-31-27(29)25(20-35)34(26)19-22-10-12-23(13-11-22)30-28(36)24(18-21-7-5-4-6-8-21)32-40(37,38)33-14-16-39-17-15-33/h4-8,10-13,24,32,35H,2-3,9,14-20H2,1H3,(H,30,36). The van der Waals surface area contributed by atoms with Crippen molar-refractivity contribution in [2.24, 2.45) is 0 Å². The van der Waals surface area contributed by atoms with Gasteiger partial charge in [-0.2, -0.15) is 17.4 Å². The lowest BCUT2D eigenvalue weighted by Gasteiger charge is -2.28. The lowest BCUT2D eigenvalue weighted by atomic mass is 10.1. The van der Waals surface area contributed by atoms with Crippen LogP contribution in [0, 0.1) is 0 Å². The Hall–Kier alpha value is -2.80. The summed E-state index contributed by atoms with van der Waals surface area (Å²) >= 11 is 6.26. The number of halogens is 1. The minimum absolute atomic E-state index is 0.195. The van der Waals surface area contributed by atoms with Gasteiger partial charge >= 0.3 is 0 Å². The number of carbonyl (C=O) groups excluding carboxylic acids is 1. The van der Waals surface area contributed by atoms with Crippen LogP contribution >= 0.6 is 11.6 Å². The summed E-state index contributed by atoms with van der Waals surface area (Å²) in [5, 5.41) is 13.0. The summed E-state index contributed by atoms with van der Waals surface area (Å²) < 4.78 is 37.2. The molecule has 1 fully saturated rings. The van der Waals surface area contributed by atoms with E-state index < -0.39 is 22.2 Å². The number of morpholine rings is 1. The molecule has 216 valence electrons. The number of benzene rings is 2. The van der Waals surface area contributed by atoms with Gasteiger partial charge in [-0.05, 0) is 36.1 Å². The van der Waals surface area contributed by atoms with E-state index in [4.69, 9.17) is 16.3 Å². The number of carbonyl (C=O) groups is 1. The van der Waals surface area contributed by atoms with E-state index in [9.17, 15) is 18.3 Å². The van der Waals surface area contributed by atoms with Gasteiger partial charge in [0.05, 0.1) is 25.5 Å². The third-order valence-electron chi connectivity index (χ3n) is 6.77. The Morgan fingerprint density at radius 2 is 1.80 bits per heavy atom. The van der Waals surface area contributed by atoms with Crippen LogP contribution in [0.3, 0.4) is 0 Å². The Morgan fingerprint density at radius 3 is 2.45 bits per heavy atom. The van der Waals surface area contributed by atoms with E-state index >= 15 is 0 Å². The topological polar surface area (TPSA) is 126 Å². The van der Waals surface area contributed by atoms with E-state index in [1.807, 2.05) is 47.0 Å². The normalized spacial score (nSPS) is 15.2. The molecular formula is C28H36ClN5O5S. The molecule has 1 aliphatic heterocycles. The summed E-state index contributed by atoms with van der Waals surface area (Å²) in [6.45, 7) is 3.45. The van der Waals surface area contributed by atoms with Gasteiger partial charge in [0.1, 0.15) is 11.9 Å². The maximum atomic E-state index is 13.3. The van der Waals surface area contributed by atoms with Gasteiger partial charge in [-0.15, -0.1) is 0 Å². The first-order chi connectivity index (χ1) is 19.3. The number of aromatic nitrogens is 2. The lowest BCUT2D eigenvalue weighted by molar-refractivity contribution is -0.117. The van der Waals surface area contributed by atoms with Crippen molar-refractivity contribution >= 4 is 33.4 Å². The fourth-order valence-corrected chi connectivity index (χ4v) is 6.14. The molecule has 0 bridgehead atoms. The van der Waals surface area contributed by atoms with Crippen molar-refractivity contribution in [1.82, 2.24) is 18.6 Å². The molecule has 3 N–H and O–H groups in total. The van der Waals surface area contributed by atoms with Crippen LogP contribution < -0.4 is 10.0 Å². The van der Waals surface area contributed by atoms with E-state index in [0.29, 0.717) is 36.3 Å². The van der Waals surface area contributed by atoms with Gasteiger partial charge in [0.25, 0.3) is 10.2 Å². The Kier molecular flexibility index (Phi) is 10.7. The second-order valence-electron chi connectivity index (χ2n) is 9.68. The summed E-state index contributed by atoms with van der Waals surface area (Å²) in [6, 6.07) is 15.6. The van der Waals surface area contributed by atoms with Gasteiger partial charge in [-0.3, -0.25) is 4.79 Å². The van der Waals surface area contributed by atoms with Gasteiger partial charge in [0.2, 0.25) is 5.91 Å². The highest BCUT2D eigenvalue weighted by atomic mass is 35.5. The lowest BCUT2D eigenvalue weighted by Crippen LogP contribution is -2.53. The van der Waals surface area contributed by atoms with E-state index in [0.717, 1.165) is 36.2 Å². The quantitative estimate of drug-likeness (QED) is 0.281. The molecule has 1 atom stereocenters. The first-order valence-electron chi connectivity index (χ1n) is 13.4. The predicted octanol–water partition coefficient (Wildman–Crippen LogP) is 3.14. The summed E-state index contributed by atoms with van der Waals surface area (Å²) in [5.74, 6) is 0.365. The molecule has 2 aromatic carbocycles. The highest BCUT2D eigenvalue weighted by molar-refractivity contribution is 7.87. The zero-order valence-corrected chi connectivity index (χ0v) is 24.1. The second-order valence-corrected chi connectivity index (χ2v) is 11.7. The number of ether oxygens (including phenoxy) is 1. The van der Waals surface area contributed by atoms with Crippen molar-refractivity contribution in [2.75, 3.05) is 31.6 Å². The molecule has 0 radical (unpaired) electrons. The first kappa shape index (κ1) is 30.2. The maximum Gasteiger partial charge on any atom is 0.280 e. The van der Waals surface area contributed by atoms with E-state index in [-0.39, 0.29) is 26.1 Å². The van der Waals surface area contributed by atoms with Crippen molar-refractivity contribution in [3.05, 3.63) is 82.4 Å². The molecular weight excluding hydrogens is 554 g/mol. The minimum atomic E-state index is -3.89. The van der Waals surface area contributed by atoms with Crippen molar-refractivity contribution in [2.45, 2.75) is 51.8 Å². The molecule has 1 amide bonds. The summed E-state index contributed by atoms with van der Waals surface area (Å²) in [7, 11) is -3.89. The van der Waals surface area contributed by atoms with Crippen LogP contribution in [-0.2, 0) is 45.7 Å². The number of hydrogen-bond donors (Lipinski definition) is 3. The fraction of sp³-hybridized carbons (Fsp3) is 0.429. The Balaban J connectivity index is 1.48. The molecule has 1 aromatic heterocycles. The molecule has 12 heteroatoms. The number of rotatable bonds is 13. The van der Waals surface area contributed by atoms with Crippen molar-refractivity contribution < 1.29 is 23.1 Å². The Morgan fingerprint density at radius 1 is 1.10 bits per heavy atom. The van der Waals surface area contributed by atoms with Crippen LogP contribution in [0.2, 0.25) is 5.15 Å². The van der Waals surface area contributed by atoms with Crippen LogP contribution in [0.25, 0.3) is 0 Å². The average Bonchev–Trinajstić information content (AvgIpc) is 3.26. The Labute approximate surface area is 240 Å². The minimum Gasteiger partial charge on any atom is -0.390 e. The van der Waals surface area contributed by atoms with Gasteiger partial charge in [-0.25, -0.2) is 4.98 Å². The van der Waals surface area contributed by atoms with Crippen LogP contribution in [-0.4, -0.2) is 65.6 Å². The number of imidazole rings is 1. The average molecular weight is 590 g/mol. The molecule has 2 heterocycles. The Bertz CT molecular complexity index is 1360. The van der Waals surface area contributed by atoms with Crippen LogP contribution in [0.1, 0.15) is 42.4 Å². The smallest absolute Gasteiger partial charge is 0.280 e. The van der Waals surface area contributed by atoms with E-state index in [1.165, 1.54) is 4.31 Å². The van der Waals surface area contributed by atoms with Gasteiger partial charge < -0.3 is 19.7 Å². The van der Waals surface area contributed by atoms with Crippen molar-refractivity contribution in [3.8, 4) is 0 Å². The zero-order valence-electron chi connectivity index (χ0n) is 22.6. The number of nitrogens with one attached hydrogen (secondary N) is 2. The van der Waals surface area contributed by atoms with Crippen LogP contribution in [0.4, 0.5) is 5.69 Å². The first-order valence-corrected chi connectivity index (χ1v) is 15.3. The number of unbranched alkanes of at least 4 members (excludes halogenated alkanes) is 1. The van der Waals surface area contributed by atoms with Crippen molar-refractivity contribution in [3.63, 3.8) is 0 Å². The largest absolute Gasteiger partial charge is 0.390 e. The number of aliphatic hydroxyl groups excluding tert-OH is 1. The molecule has 1 aliphatic rings. The third kappa shape index (κ3) is 7.90. The molecule has 0 saturated carbocycles. The number of hydrogen-bond acceptors (Lipinski definition) is 6. The second kappa shape index (κ2) is 14.2. The highest BCUT2D eigenvalue weighted by Gasteiger charge is 2.30. The molecule has 0 aliphatic carbocycles. The van der Waals surface area contributed by atoms with Gasteiger partial charge in [0, 0.05) is 31.7 Å². The zero-order chi connectivity index (χ0) is 28.5. The summed E-state index contributed by atoms with van der Waals surface area (Å²) in [6.07, 6.45) is 2.93. The van der Waals surface area contributed by atoms with Gasteiger partial charge in [0.15, 0.2) is 5.15 Å². The molecule has 1 unspecified atom stereocenters. The SMILES string of the molecule is CCCCc1nc(Cl)c(CO)n1Cc1ccc(NC(=O)C(Cc2ccccc2)NS(=O)(=O)N2CCOCC2)cc1. The van der Waals surface area contributed by atoms with Gasteiger partial charge in [-0.1, -0.05) is 67.4 Å². The number of aryl methyl sites for hydroxylation is 1. The molecule has 4 rings (SSSR count). The predicted molar refractivity (Wildman–Crippen MR) is 154 cm³/mol. The van der Waals surface area contributed by atoms with Crippen LogP contribution in [0.5, 0.6) is 0 Å². The molecule has 10 nitrogen and oxygen atoms in total. The number of aliphatic hydroxyl groups is 1. The number of nitrogens with zero attached hydrogens (tertiary/aromatic N) is 3. The summed E-state index contributed by atoms with van der Waals surface area (Å²) in [4.78, 5) is 17.8. The molecule has 1 saturated heterocycles. The monoisotopic (exact) mass is 589 g/mol. The fourth-order valence-electron chi connectivity index (χ4n) is 4.55. The van der Waals surface area contributed by atoms with E-state index in [2.05, 4.69) is 21.9 Å². The summed E-state index contributed by atoms with van der Waals surface area (Å²) in [5.41, 5.74) is 2.88.